The number of carbonyl (C=O) groups excluding carboxylic acids is 1. The van der Waals surface area contributed by atoms with Crippen molar-refractivity contribution in [2.75, 3.05) is 14.2 Å². The number of ether oxygens (including phenoxy) is 1. The van der Waals surface area contributed by atoms with Gasteiger partial charge in [-0.05, 0) is 37.6 Å². The summed E-state index contributed by atoms with van der Waals surface area (Å²) in [6.07, 6.45) is 2.77. The number of hydrogen-bond donors (Lipinski definition) is 0. The Balaban J connectivity index is 1.84. The molecule has 10 heteroatoms. The summed E-state index contributed by atoms with van der Waals surface area (Å²) in [7, 11) is -1.10. The first-order valence-corrected chi connectivity index (χ1v) is 10.4. The van der Waals surface area contributed by atoms with Gasteiger partial charge in [0.2, 0.25) is 10.0 Å². The molecule has 2 heterocycles. The lowest BCUT2D eigenvalue weighted by Crippen LogP contribution is -2.35. The molecule has 156 valence electrons. The molecule has 1 aromatic carbocycles. The second-order valence-electron chi connectivity index (χ2n) is 6.65. The molecule has 0 bridgehead atoms. The highest BCUT2D eigenvalue weighted by molar-refractivity contribution is 7.89. The summed E-state index contributed by atoms with van der Waals surface area (Å²) in [6, 6.07) is 7.46. The molecule has 0 N–H and O–H groups in total. The maximum Gasteiger partial charge on any atom is 0.420 e. The molecule has 0 saturated carbocycles. The van der Waals surface area contributed by atoms with Crippen LogP contribution in [0, 0.1) is 0 Å². The monoisotopic (exact) mass is 422 g/mol. The summed E-state index contributed by atoms with van der Waals surface area (Å²) in [6.45, 7) is 1.49. The van der Waals surface area contributed by atoms with Crippen molar-refractivity contribution in [1.82, 2.24) is 8.87 Å². The van der Waals surface area contributed by atoms with Crippen LogP contribution in [0.1, 0.15) is 19.1 Å². The highest BCUT2D eigenvalue weighted by Crippen LogP contribution is 2.23. The maximum absolute atomic E-state index is 13.0. The summed E-state index contributed by atoms with van der Waals surface area (Å²) in [4.78, 5) is 23.5. The summed E-state index contributed by atoms with van der Waals surface area (Å²) in [5, 5.41) is 0. The van der Waals surface area contributed by atoms with Gasteiger partial charge in [-0.3, -0.25) is 9.36 Å². The Bertz CT molecular complexity index is 1160. The van der Waals surface area contributed by atoms with E-state index >= 15 is 0 Å². The fraction of sp³-hybridized carbons (Fsp3) is 0.368. The molecule has 0 radical (unpaired) electrons. The SMILES string of the molecule is COC(=O)Cn1c(=O)oc2cc(S(=O)(=O)N(C)[C@@H](C)CCc3ccco3)ccc21. The Hall–Kier alpha value is -2.85. The van der Waals surface area contributed by atoms with Gasteiger partial charge in [-0.15, -0.1) is 0 Å². The average Bonchev–Trinajstić information content (AvgIpc) is 3.32. The van der Waals surface area contributed by atoms with Crippen molar-refractivity contribution in [2.45, 2.75) is 37.2 Å². The number of carbonyl (C=O) groups is 1. The highest BCUT2D eigenvalue weighted by Gasteiger charge is 2.26. The number of nitrogens with zero attached hydrogens (tertiary/aromatic N) is 2. The van der Waals surface area contributed by atoms with Crippen molar-refractivity contribution in [3.63, 3.8) is 0 Å². The van der Waals surface area contributed by atoms with E-state index in [-0.39, 0.29) is 23.1 Å². The lowest BCUT2D eigenvalue weighted by atomic mass is 10.1. The van der Waals surface area contributed by atoms with Gasteiger partial charge in [0.15, 0.2) is 5.58 Å². The fourth-order valence-corrected chi connectivity index (χ4v) is 4.35. The smallest absolute Gasteiger partial charge is 0.420 e. The van der Waals surface area contributed by atoms with E-state index in [4.69, 9.17) is 8.83 Å². The Labute approximate surface area is 167 Å². The predicted molar refractivity (Wildman–Crippen MR) is 104 cm³/mol. The highest BCUT2D eigenvalue weighted by atomic mass is 32.2. The number of aryl methyl sites for hydroxylation is 1. The summed E-state index contributed by atoms with van der Waals surface area (Å²) < 4.78 is 43.3. The Morgan fingerprint density at radius 1 is 1.31 bits per heavy atom. The zero-order valence-electron chi connectivity index (χ0n) is 16.3. The van der Waals surface area contributed by atoms with Gasteiger partial charge in [0.25, 0.3) is 0 Å². The second-order valence-corrected chi connectivity index (χ2v) is 8.65. The normalized spacial score (nSPS) is 13.1. The van der Waals surface area contributed by atoms with Crippen LogP contribution in [-0.2, 0) is 32.5 Å². The van der Waals surface area contributed by atoms with Crippen LogP contribution >= 0.6 is 0 Å². The van der Waals surface area contributed by atoms with Crippen LogP contribution < -0.4 is 5.76 Å². The number of esters is 1. The van der Waals surface area contributed by atoms with E-state index < -0.39 is 21.7 Å². The third kappa shape index (κ3) is 4.28. The van der Waals surface area contributed by atoms with E-state index in [1.54, 1.807) is 12.3 Å². The summed E-state index contributed by atoms with van der Waals surface area (Å²) in [5.41, 5.74) is 0.393. The van der Waals surface area contributed by atoms with E-state index in [1.807, 2.05) is 13.0 Å². The Morgan fingerprint density at radius 2 is 2.07 bits per heavy atom. The summed E-state index contributed by atoms with van der Waals surface area (Å²) in [5.74, 6) is -0.588. The van der Waals surface area contributed by atoms with Crippen LogP contribution in [-0.4, -0.2) is 43.5 Å². The van der Waals surface area contributed by atoms with Gasteiger partial charge in [0.05, 0.1) is 23.8 Å². The van der Waals surface area contributed by atoms with E-state index in [0.717, 1.165) is 10.3 Å². The molecule has 1 atom stereocenters. The van der Waals surface area contributed by atoms with E-state index in [1.165, 1.54) is 36.7 Å². The predicted octanol–water partition coefficient (Wildman–Crippen LogP) is 2.00. The fourth-order valence-electron chi connectivity index (χ4n) is 2.94. The molecule has 0 amide bonds. The zero-order chi connectivity index (χ0) is 21.2. The molecule has 0 aliphatic carbocycles. The third-order valence-electron chi connectivity index (χ3n) is 4.84. The van der Waals surface area contributed by atoms with Gasteiger partial charge < -0.3 is 13.6 Å². The molecular weight excluding hydrogens is 400 g/mol. The van der Waals surface area contributed by atoms with Gasteiger partial charge in [-0.2, -0.15) is 4.31 Å². The number of hydrogen-bond acceptors (Lipinski definition) is 7. The molecule has 3 aromatic rings. The minimum atomic E-state index is -3.81. The first-order chi connectivity index (χ1) is 13.7. The minimum Gasteiger partial charge on any atom is -0.469 e. The number of sulfonamides is 1. The minimum absolute atomic E-state index is 0.00341. The van der Waals surface area contributed by atoms with Crippen molar-refractivity contribution >= 4 is 27.1 Å². The van der Waals surface area contributed by atoms with Crippen molar-refractivity contribution in [3.8, 4) is 0 Å². The molecule has 29 heavy (non-hydrogen) atoms. The quantitative estimate of drug-likeness (QED) is 0.510. The molecule has 0 aliphatic rings. The van der Waals surface area contributed by atoms with E-state index in [0.29, 0.717) is 18.4 Å². The van der Waals surface area contributed by atoms with Gasteiger partial charge in [-0.1, -0.05) is 0 Å². The maximum atomic E-state index is 13.0. The van der Waals surface area contributed by atoms with Crippen LogP contribution in [0.2, 0.25) is 0 Å². The molecule has 9 nitrogen and oxygen atoms in total. The summed E-state index contributed by atoms with van der Waals surface area (Å²) >= 11 is 0. The van der Waals surface area contributed by atoms with Gasteiger partial charge >= 0.3 is 11.7 Å². The van der Waals surface area contributed by atoms with Crippen LogP contribution in [0.15, 0.2) is 55.1 Å². The standard InChI is InChI=1S/C19H22N2O7S/c1-13(6-7-14-5-4-10-27-14)20(2)29(24,25)15-8-9-16-17(11-15)28-19(23)21(16)12-18(22)26-3/h4-5,8-11,13H,6-7,12H2,1-3H3/t13-/m0/s1. The molecule has 0 saturated heterocycles. The largest absolute Gasteiger partial charge is 0.469 e. The molecule has 3 rings (SSSR count). The van der Waals surface area contributed by atoms with E-state index in [2.05, 4.69) is 4.74 Å². The van der Waals surface area contributed by atoms with E-state index in [9.17, 15) is 18.0 Å². The average molecular weight is 422 g/mol. The molecule has 0 spiro atoms. The number of aromatic nitrogens is 1. The number of rotatable bonds is 8. The molecule has 2 aromatic heterocycles. The number of furan rings is 1. The van der Waals surface area contributed by atoms with Gasteiger partial charge in [0.1, 0.15) is 12.3 Å². The van der Waals surface area contributed by atoms with Gasteiger partial charge in [0, 0.05) is 25.6 Å². The zero-order valence-corrected chi connectivity index (χ0v) is 17.1. The topological polar surface area (TPSA) is 112 Å². The lowest BCUT2D eigenvalue weighted by Gasteiger charge is -2.24. The first-order valence-electron chi connectivity index (χ1n) is 8.94. The number of methoxy groups -OCH3 is 1. The van der Waals surface area contributed by atoms with Crippen LogP contribution in [0.25, 0.3) is 11.1 Å². The van der Waals surface area contributed by atoms with Crippen LogP contribution in [0.3, 0.4) is 0 Å². The number of fused-ring (bicyclic) bond motifs is 1. The number of benzene rings is 1. The Kier molecular flexibility index (Phi) is 5.94. The lowest BCUT2D eigenvalue weighted by molar-refractivity contribution is -0.141. The van der Waals surface area contributed by atoms with Crippen LogP contribution in [0.4, 0.5) is 0 Å². The Morgan fingerprint density at radius 3 is 2.72 bits per heavy atom. The molecular formula is C19H22N2O7S. The van der Waals surface area contributed by atoms with Crippen molar-refractivity contribution in [3.05, 3.63) is 52.9 Å². The first kappa shape index (κ1) is 20.9. The van der Waals surface area contributed by atoms with Crippen LogP contribution in [0.5, 0.6) is 0 Å². The second kappa shape index (κ2) is 8.26. The van der Waals surface area contributed by atoms with Crippen molar-refractivity contribution < 1.29 is 26.8 Å². The molecule has 0 aliphatic heterocycles. The molecule has 0 unspecified atom stereocenters. The van der Waals surface area contributed by atoms with Crippen molar-refractivity contribution in [2.24, 2.45) is 0 Å². The third-order valence-corrected chi connectivity index (χ3v) is 6.81. The number of oxazole rings is 1. The molecule has 0 fully saturated rings. The van der Waals surface area contributed by atoms with Gasteiger partial charge in [-0.25, -0.2) is 13.2 Å². The van der Waals surface area contributed by atoms with Crippen molar-refractivity contribution in [1.29, 1.82) is 0 Å².